The molecule has 1 aromatic carbocycles. The highest BCUT2D eigenvalue weighted by Crippen LogP contribution is 2.27. The maximum absolute atomic E-state index is 13.7. The lowest BCUT2D eigenvalue weighted by Crippen LogP contribution is -2.10. The largest absolute Gasteiger partial charge is 0.481 e. The standard InChI is InChI=1S/C10H8BrF3O3/c11-4-5-1-2-7(17-10(13)14)6(9(5)12)3-8(15)16/h1-2,10H,3-4H2,(H,15,16). The number of aliphatic carboxylic acids is 1. The van der Waals surface area contributed by atoms with E-state index in [2.05, 4.69) is 20.7 Å². The number of hydrogen-bond donors (Lipinski definition) is 1. The maximum Gasteiger partial charge on any atom is 0.387 e. The van der Waals surface area contributed by atoms with E-state index >= 15 is 0 Å². The highest BCUT2D eigenvalue weighted by Gasteiger charge is 2.19. The van der Waals surface area contributed by atoms with Crippen LogP contribution in [0, 0.1) is 5.82 Å². The topological polar surface area (TPSA) is 46.5 Å². The third kappa shape index (κ3) is 3.62. The third-order valence-electron chi connectivity index (χ3n) is 1.97. The summed E-state index contributed by atoms with van der Waals surface area (Å²) in [6.07, 6.45) is -0.714. The Labute approximate surface area is 103 Å². The van der Waals surface area contributed by atoms with Crippen molar-refractivity contribution in [2.75, 3.05) is 0 Å². The number of rotatable bonds is 5. The van der Waals surface area contributed by atoms with Gasteiger partial charge < -0.3 is 9.84 Å². The minimum Gasteiger partial charge on any atom is -0.481 e. The molecule has 94 valence electrons. The lowest BCUT2D eigenvalue weighted by atomic mass is 10.1. The number of alkyl halides is 3. The summed E-state index contributed by atoms with van der Waals surface area (Å²) in [6.45, 7) is -3.13. The highest BCUT2D eigenvalue weighted by molar-refractivity contribution is 9.08. The van der Waals surface area contributed by atoms with Gasteiger partial charge in [-0.05, 0) is 11.6 Å². The lowest BCUT2D eigenvalue weighted by molar-refractivity contribution is -0.136. The summed E-state index contributed by atoms with van der Waals surface area (Å²) in [7, 11) is 0. The number of ether oxygens (including phenoxy) is 1. The molecular formula is C10H8BrF3O3. The molecule has 0 saturated carbocycles. The number of hydrogen-bond acceptors (Lipinski definition) is 2. The molecule has 0 aliphatic rings. The number of benzene rings is 1. The van der Waals surface area contributed by atoms with Gasteiger partial charge in [-0.3, -0.25) is 4.79 Å². The molecule has 0 bridgehead atoms. The summed E-state index contributed by atoms with van der Waals surface area (Å²) in [6, 6.07) is 2.39. The van der Waals surface area contributed by atoms with E-state index < -0.39 is 30.6 Å². The average Bonchev–Trinajstić information content (AvgIpc) is 2.22. The Bertz CT molecular complexity index is 424. The summed E-state index contributed by atoms with van der Waals surface area (Å²) in [5.41, 5.74) is -0.197. The zero-order valence-electron chi connectivity index (χ0n) is 8.42. The smallest absolute Gasteiger partial charge is 0.387 e. The van der Waals surface area contributed by atoms with E-state index in [1.165, 1.54) is 6.07 Å². The molecule has 1 N–H and O–H groups in total. The second-order valence-corrected chi connectivity index (χ2v) is 3.66. The Kier molecular flexibility index (Phi) is 4.80. The second-order valence-electron chi connectivity index (χ2n) is 3.10. The van der Waals surface area contributed by atoms with Gasteiger partial charge in [0.25, 0.3) is 0 Å². The molecule has 3 nitrogen and oxygen atoms in total. The van der Waals surface area contributed by atoms with Crippen LogP contribution >= 0.6 is 15.9 Å². The summed E-state index contributed by atoms with van der Waals surface area (Å²) in [5.74, 6) is -2.62. The summed E-state index contributed by atoms with van der Waals surface area (Å²) < 4.78 is 41.9. The Balaban J connectivity index is 3.20. The first kappa shape index (κ1) is 13.8. The SMILES string of the molecule is O=C(O)Cc1c(OC(F)F)ccc(CBr)c1F. The van der Waals surface area contributed by atoms with Crippen LogP contribution in [-0.2, 0) is 16.5 Å². The van der Waals surface area contributed by atoms with Crippen molar-refractivity contribution in [3.05, 3.63) is 29.1 Å². The molecule has 0 fully saturated rings. The van der Waals surface area contributed by atoms with Gasteiger partial charge in [0.15, 0.2) is 0 Å². The molecule has 1 aromatic rings. The van der Waals surface area contributed by atoms with E-state index in [1.807, 2.05) is 0 Å². The second kappa shape index (κ2) is 5.90. The van der Waals surface area contributed by atoms with Crippen molar-refractivity contribution in [1.29, 1.82) is 0 Å². The van der Waals surface area contributed by atoms with Crippen molar-refractivity contribution >= 4 is 21.9 Å². The predicted molar refractivity (Wildman–Crippen MR) is 57.0 cm³/mol. The monoisotopic (exact) mass is 312 g/mol. The van der Waals surface area contributed by atoms with Crippen LogP contribution < -0.4 is 4.74 Å². The molecule has 1 rings (SSSR count). The fourth-order valence-corrected chi connectivity index (χ4v) is 1.71. The van der Waals surface area contributed by atoms with E-state index in [0.29, 0.717) is 0 Å². The predicted octanol–water partition coefficient (Wildman–Crippen LogP) is 2.95. The van der Waals surface area contributed by atoms with Gasteiger partial charge >= 0.3 is 12.6 Å². The van der Waals surface area contributed by atoms with Crippen molar-refractivity contribution in [2.24, 2.45) is 0 Å². The van der Waals surface area contributed by atoms with Crippen molar-refractivity contribution in [3.63, 3.8) is 0 Å². The zero-order chi connectivity index (χ0) is 13.0. The lowest BCUT2D eigenvalue weighted by Gasteiger charge is -2.12. The Morgan fingerprint density at radius 1 is 1.47 bits per heavy atom. The van der Waals surface area contributed by atoms with Crippen LogP contribution in [0.15, 0.2) is 12.1 Å². The minimum atomic E-state index is -3.13. The van der Waals surface area contributed by atoms with Crippen LogP contribution in [0.25, 0.3) is 0 Å². The Morgan fingerprint density at radius 2 is 2.12 bits per heavy atom. The van der Waals surface area contributed by atoms with Crippen LogP contribution in [-0.4, -0.2) is 17.7 Å². The molecule has 17 heavy (non-hydrogen) atoms. The molecule has 0 unspecified atom stereocenters. The minimum absolute atomic E-state index is 0.153. The number of halogens is 4. The van der Waals surface area contributed by atoms with E-state index in [9.17, 15) is 18.0 Å². The maximum atomic E-state index is 13.7. The van der Waals surface area contributed by atoms with Gasteiger partial charge in [-0.1, -0.05) is 22.0 Å². The molecule has 0 aliphatic heterocycles. The number of carboxylic acids is 1. The Hall–Kier alpha value is -1.24. The molecule has 7 heteroatoms. The molecule has 0 atom stereocenters. The van der Waals surface area contributed by atoms with Gasteiger partial charge in [0.2, 0.25) is 0 Å². The van der Waals surface area contributed by atoms with Crippen molar-refractivity contribution in [1.82, 2.24) is 0 Å². The quantitative estimate of drug-likeness (QED) is 0.850. The van der Waals surface area contributed by atoms with Gasteiger partial charge in [-0.25, -0.2) is 4.39 Å². The first-order chi connectivity index (χ1) is 7.95. The molecule has 0 amide bonds. The first-order valence-electron chi connectivity index (χ1n) is 4.48. The Morgan fingerprint density at radius 3 is 2.59 bits per heavy atom. The van der Waals surface area contributed by atoms with Crippen molar-refractivity contribution < 1.29 is 27.8 Å². The first-order valence-corrected chi connectivity index (χ1v) is 5.60. The molecule has 0 saturated heterocycles. The van der Waals surface area contributed by atoms with Gasteiger partial charge in [0.1, 0.15) is 11.6 Å². The summed E-state index contributed by atoms with van der Waals surface area (Å²) in [4.78, 5) is 10.5. The van der Waals surface area contributed by atoms with Crippen molar-refractivity contribution in [3.8, 4) is 5.75 Å². The van der Waals surface area contributed by atoms with Crippen LogP contribution in [0.3, 0.4) is 0 Å². The molecule has 0 radical (unpaired) electrons. The third-order valence-corrected chi connectivity index (χ3v) is 2.57. The number of carboxylic acid groups (broad SMARTS) is 1. The summed E-state index contributed by atoms with van der Waals surface area (Å²) >= 11 is 3.01. The molecule has 0 aromatic heterocycles. The van der Waals surface area contributed by atoms with E-state index in [0.717, 1.165) is 6.07 Å². The van der Waals surface area contributed by atoms with E-state index in [4.69, 9.17) is 5.11 Å². The number of carbonyl (C=O) groups is 1. The van der Waals surface area contributed by atoms with Crippen molar-refractivity contribution in [2.45, 2.75) is 18.4 Å². The van der Waals surface area contributed by atoms with Crippen LogP contribution in [0.2, 0.25) is 0 Å². The fourth-order valence-electron chi connectivity index (χ4n) is 1.28. The van der Waals surface area contributed by atoms with E-state index in [1.54, 1.807) is 0 Å². The van der Waals surface area contributed by atoms with Crippen LogP contribution in [0.1, 0.15) is 11.1 Å². The fraction of sp³-hybridized carbons (Fsp3) is 0.300. The molecule has 0 heterocycles. The highest BCUT2D eigenvalue weighted by atomic mass is 79.9. The molecule has 0 spiro atoms. The van der Waals surface area contributed by atoms with E-state index in [-0.39, 0.29) is 16.5 Å². The molecule has 0 aliphatic carbocycles. The van der Waals surface area contributed by atoms with Crippen LogP contribution in [0.5, 0.6) is 5.75 Å². The van der Waals surface area contributed by atoms with Gasteiger partial charge in [-0.15, -0.1) is 0 Å². The van der Waals surface area contributed by atoms with Gasteiger partial charge in [0, 0.05) is 10.9 Å². The van der Waals surface area contributed by atoms with Gasteiger partial charge in [0.05, 0.1) is 6.42 Å². The summed E-state index contributed by atoms with van der Waals surface area (Å²) in [5, 5.41) is 8.75. The average molecular weight is 313 g/mol. The zero-order valence-corrected chi connectivity index (χ0v) is 10.0. The van der Waals surface area contributed by atoms with Gasteiger partial charge in [-0.2, -0.15) is 8.78 Å². The normalized spacial score (nSPS) is 10.6. The molecular weight excluding hydrogens is 305 g/mol. The van der Waals surface area contributed by atoms with Crippen LogP contribution in [0.4, 0.5) is 13.2 Å².